The molecule has 10 atom stereocenters. The van der Waals surface area contributed by atoms with Crippen LogP contribution in [0.25, 0.3) is 0 Å². The molecule has 0 aromatic carbocycles. The molecule has 3 nitrogen and oxygen atoms in total. The minimum Gasteiger partial charge on any atom is -0.481 e. The first kappa shape index (κ1) is 23.9. The van der Waals surface area contributed by atoms with Crippen LogP contribution in [0, 0.1) is 56.7 Å². The monoisotopic (exact) mass is 456 g/mol. The summed E-state index contributed by atoms with van der Waals surface area (Å²) in [6, 6.07) is 0. The van der Waals surface area contributed by atoms with E-state index in [4.69, 9.17) is 0 Å². The number of carboxylic acid groups (broad SMARTS) is 1. The summed E-state index contributed by atoms with van der Waals surface area (Å²) in [5.74, 6) is 1.82. The Kier molecular flexibility index (Phi) is 5.15. The Morgan fingerprint density at radius 1 is 0.909 bits per heavy atom. The van der Waals surface area contributed by atoms with E-state index in [0.29, 0.717) is 23.7 Å². The predicted octanol–water partition coefficient (Wildman–Crippen LogP) is 7.09. The van der Waals surface area contributed by atoms with E-state index in [2.05, 4.69) is 54.5 Å². The molecule has 4 fully saturated rings. The summed E-state index contributed by atoms with van der Waals surface area (Å²) in [6.07, 6.45) is 11.6. The quantitative estimate of drug-likeness (QED) is 0.414. The van der Waals surface area contributed by atoms with Gasteiger partial charge in [0.2, 0.25) is 0 Å². The van der Waals surface area contributed by atoms with E-state index >= 15 is 0 Å². The summed E-state index contributed by atoms with van der Waals surface area (Å²) in [7, 11) is 0. The third kappa shape index (κ3) is 2.75. The van der Waals surface area contributed by atoms with Crippen LogP contribution in [0.15, 0.2) is 11.6 Å². The molecule has 0 aromatic rings. The molecule has 0 heterocycles. The molecule has 186 valence electrons. The van der Waals surface area contributed by atoms with Crippen LogP contribution in [-0.4, -0.2) is 22.3 Å². The minimum atomic E-state index is -0.557. The number of aliphatic carboxylic acids is 1. The van der Waals surface area contributed by atoms with Gasteiger partial charge in [0.05, 0.1) is 11.5 Å². The van der Waals surface area contributed by atoms with E-state index < -0.39 is 11.4 Å². The van der Waals surface area contributed by atoms with Gasteiger partial charge in [0.1, 0.15) is 0 Å². The van der Waals surface area contributed by atoms with Crippen LogP contribution >= 0.6 is 0 Å². The zero-order chi connectivity index (χ0) is 24.2. The van der Waals surface area contributed by atoms with Crippen molar-refractivity contribution in [1.29, 1.82) is 0 Å². The molecule has 0 aliphatic heterocycles. The topological polar surface area (TPSA) is 57.5 Å². The molecule has 4 saturated carbocycles. The van der Waals surface area contributed by atoms with Gasteiger partial charge < -0.3 is 10.2 Å². The van der Waals surface area contributed by atoms with Gasteiger partial charge in [-0.1, -0.05) is 60.1 Å². The lowest BCUT2D eigenvalue weighted by atomic mass is 9.33. The zero-order valence-electron chi connectivity index (χ0n) is 22.2. The van der Waals surface area contributed by atoms with E-state index in [1.54, 1.807) is 0 Å². The molecule has 5 aliphatic rings. The van der Waals surface area contributed by atoms with Gasteiger partial charge >= 0.3 is 5.97 Å². The molecule has 3 heteroatoms. The zero-order valence-corrected chi connectivity index (χ0v) is 22.2. The molecule has 0 radical (unpaired) electrons. The van der Waals surface area contributed by atoms with Crippen molar-refractivity contribution in [1.82, 2.24) is 0 Å². The lowest BCUT2D eigenvalue weighted by Crippen LogP contribution is -2.65. The van der Waals surface area contributed by atoms with Gasteiger partial charge in [-0.05, 0) is 109 Å². The summed E-state index contributed by atoms with van der Waals surface area (Å²) < 4.78 is 0. The summed E-state index contributed by atoms with van der Waals surface area (Å²) in [5, 5.41) is 21.4. The van der Waals surface area contributed by atoms with Crippen LogP contribution in [0.1, 0.15) is 106 Å². The number of fused-ring (bicyclic) bond motifs is 7. The summed E-state index contributed by atoms with van der Waals surface area (Å²) in [6.45, 7) is 17.0. The van der Waals surface area contributed by atoms with Gasteiger partial charge in [0, 0.05) is 0 Å². The number of carbonyl (C=O) groups is 1. The van der Waals surface area contributed by atoms with Gasteiger partial charge in [0.25, 0.3) is 0 Å². The normalized spacial score (nSPS) is 55.3. The Labute approximate surface area is 201 Å². The van der Waals surface area contributed by atoms with Crippen molar-refractivity contribution in [3.05, 3.63) is 11.6 Å². The van der Waals surface area contributed by atoms with E-state index in [9.17, 15) is 15.0 Å². The van der Waals surface area contributed by atoms with Crippen molar-refractivity contribution in [2.45, 2.75) is 112 Å². The van der Waals surface area contributed by atoms with E-state index in [-0.39, 0.29) is 33.7 Å². The molecular weight excluding hydrogens is 408 g/mol. The number of aliphatic hydroxyl groups excluding tert-OH is 1. The Hall–Kier alpha value is -0.830. The second-order valence-electron chi connectivity index (χ2n) is 14.5. The molecule has 5 aliphatic carbocycles. The lowest BCUT2D eigenvalue weighted by Gasteiger charge is -2.71. The molecule has 5 rings (SSSR count). The maximum Gasteiger partial charge on any atom is 0.310 e. The first-order valence-corrected chi connectivity index (χ1v) is 13.9. The van der Waals surface area contributed by atoms with Gasteiger partial charge in [-0.15, -0.1) is 0 Å². The third-order valence-corrected chi connectivity index (χ3v) is 13.4. The molecule has 0 spiro atoms. The summed E-state index contributed by atoms with van der Waals surface area (Å²) >= 11 is 0. The van der Waals surface area contributed by atoms with Gasteiger partial charge in [-0.25, -0.2) is 0 Å². The maximum absolute atomic E-state index is 12.8. The SMILES string of the molecule is C[C@@H]1[C@H](C)CC[C@]2(C(=O)O)CC[C@]3(C)C(=CC[C@@H]4[C@]5(C)CC[C@H](O)C(C)(C)[C@@H]5CC[C@@]43C)[C@H]12. The molecule has 0 aromatic heterocycles. The molecule has 0 saturated heterocycles. The van der Waals surface area contributed by atoms with Crippen LogP contribution in [-0.2, 0) is 4.79 Å². The predicted molar refractivity (Wildman–Crippen MR) is 133 cm³/mol. The molecule has 0 bridgehead atoms. The number of hydrogen-bond acceptors (Lipinski definition) is 2. The standard InChI is InChI=1S/C30H48O3/c1-18-10-15-30(25(32)33)17-16-28(6)20(24(30)19(18)2)8-9-22-27(5)13-12-23(31)26(3,4)21(27)11-14-29(22,28)7/h8,18-19,21-24,31H,9-17H2,1-7H3,(H,32,33)/t18-,19-,21+,22-,23+,24+,27-,28-,29+,30+/m1/s1. The van der Waals surface area contributed by atoms with Crippen molar-refractivity contribution in [2.75, 3.05) is 0 Å². The van der Waals surface area contributed by atoms with Crippen LogP contribution in [0.2, 0.25) is 0 Å². The highest BCUT2D eigenvalue weighted by Crippen LogP contribution is 2.75. The number of hydrogen-bond donors (Lipinski definition) is 2. The van der Waals surface area contributed by atoms with Crippen LogP contribution in [0.4, 0.5) is 0 Å². The van der Waals surface area contributed by atoms with Crippen molar-refractivity contribution in [2.24, 2.45) is 56.7 Å². The average molecular weight is 457 g/mol. The smallest absolute Gasteiger partial charge is 0.310 e. The molecule has 0 unspecified atom stereocenters. The van der Waals surface area contributed by atoms with Crippen LogP contribution < -0.4 is 0 Å². The second-order valence-corrected chi connectivity index (χ2v) is 14.5. The highest BCUT2D eigenvalue weighted by molar-refractivity contribution is 5.76. The Bertz CT molecular complexity index is 874. The van der Waals surface area contributed by atoms with Gasteiger partial charge in [-0.3, -0.25) is 4.79 Å². The lowest BCUT2D eigenvalue weighted by molar-refractivity contribution is -0.206. The Morgan fingerprint density at radius 2 is 1.61 bits per heavy atom. The molecule has 2 N–H and O–H groups in total. The Morgan fingerprint density at radius 3 is 2.27 bits per heavy atom. The summed E-state index contributed by atoms with van der Waals surface area (Å²) in [5.41, 5.74) is 1.46. The highest BCUT2D eigenvalue weighted by Gasteiger charge is 2.69. The van der Waals surface area contributed by atoms with Crippen molar-refractivity contribution >= 4 is 5.97 Å². The second kappa shape index (κ2) is 7.11. The number of carboxylic acids is 1. The first-order chi connectivity index (χ1) is 15.3. The van der Waals surface area contributed by atoms with E-state index in [0.717, 1.165) is 44.9 Å². The van der Waals surface area contributed by atoms with E-state index in [1.807, 2.05) is 0 Å². The Balaban J connectivity index is 1.61. The van der Waals surface area contributed by atoms with Crippen molar-refractivity contribution < 1.29 is 15.0 Å². The maximum atomic E-state index is 12.8. The van der Waals surface area contributed by atoms with Crippen molar-refractivity contribution in [3.63, 3.8) is 0 Å². The fourth-order valence-electron chi connectivity index (χ4n) is 10.8. The number of aliphatic hydroxyl groups is 1. The van der Waals surface area contributed by atoms with E-state index in [1.165, 1.54) is 18.4 Å². The number of allylic oxidation sites excluding steroid dienone is 2. The largest absolute Gasteiger partial charge is 0.481 e. The molecule has 0 amide bonds. The average Bonchev–Trinajstić information content (AvgIpc) is 2.74. The molecule has 33 heavy (non-hydrogen) atoms. The van der Waals surface area contributed by atoms with Gasteiger partial charge in [0.15, 0.2) is 0 Å². The van der Waals surface area contributed by atoms with Crippen LogP contribution in [0.3, 0.4) is 0 Å². The van der Waals surface area contributed by atoms with Crippen LogP contribution in [0.5, 0.6) is 0 Å². The third-order valence-electron chi connectivity index (χ3n) is 13.4. The summed E-state index contributed by atoms with van der Waals surface area (Å²) in [4.78, 5) is 12.8. The fraction of sp³-hybridized carbons (Fsp3) is 0.900. The highest BCUT2D eigenvalue weighted by atomic mass is 16.4. The van der Waals surface area contributed by atoms with Crippen molar-refractivity contribution in [3.8, 4) is 0 Å². The number of rotatable bonds is 1. The first-order valence-electron chi connectivity index (χ1n) is 13.9. The van der Waals surface area contributed by atoms with Gasteiger partial charge in [-0.2, -0.15) is 0 Å². The fourth-order valence-corrected chi connectivity index (χ4v) is 10.8. The minimum absolute atomic E-state index is 0.0302. The molecular formula is C30H48O3.